The van der Waals surface area contributed by atoms with Gasteiger partial charge >= 0.3 is 0 Å². The van der Waals surface area contributed by atoms with Crippen molar-refractivity contribution >= 4 is 16.8 Å². The molecule has 0 spiro atoms. The third-order valence-electron chi connectivity index (χ3n) is 10.3. The average molecular weight is 656 g/mol. The number of nitrogens with zero attached hydrogens (tertiary/aromatic N) is 6. The van der Waals surface area contributed by atoms with Gasteiger partial charge in [0.15, 0.2) is 0 Å². The van der Waals surface area contributed by atoms with Gasteiger partial charge < -0.3 is 15.1 Å². The summed E-state index contributed by atoms with van der Waals surface area (Å²) >= 11 is 0. The maximum absolute atomic E-state index is 15.6. The maximum Gasteiger partial charge on any atom is 0.251 e. The van der Waals surface area contributed by atoms with Crippen LogP contribution in [0.25, 0.3) is 22.2 Å². The second-order valence-corrected chi connectivity index (χ2v) is 14.2. The van der Waals surface area contributed by atoms with Gasteiger partial charge in [0.05, 0.1) is 24.1 Å². The van der Waals surface area contributed by atoms with Crippen LogP contribution in [0.4, 0.5) is 8.78 Å². The molecule has 1 saturated heterocycles. The van der Waals surface area contributed by atoms with Crippen LogP contribution < -0.4 is 5.32 Å². The molecule has 1 fully saturated rings. The quantitative estimate of drug-likeness (QED) is 0.191. The van der Waals surface area contributed by atoms with Crippen LogP contribution in [0.3, 0.4) is 0 Å². The number of benzene rings is 1. The molecule has 48 heavy (non-hydrogen) atoms. The highest BCUT2D eigenvalue weighted by atomic mass is 19.1. The molecule has 10 heteroatoms. The van der Waals surface area contributed by atoms with Crippen molar-refractivity contribution in [2.24, 2.45) is 5.92 Å². The molecule has 6 rings (SSSR count). The first-order chi connectivity index (χ1) is 23.1. The molecular formula is C38H47F2N7O. The van der Waals surface area contributed by atoms with E-state index in [1.165, 1.54) is 25.3 Å². The second kappa shape index (κ2) is 14.7. The zero-order valence-corrected chi connectivity index (χ0v) is 28.6. The molecule has 2 aliphatic rings. The average Bonchev–Trinajstić information content (AvgIpc) is 3.09. The first-order valence-electron chi connectivity index (χ1n) is 17.3. The van der Waals surface area contributed by atoms with E-state index in [0.717, 1.165) is 54.1 Å². The van der Waals surface area contributed by atoms with Crippen molar-refractivity contribution in [2.75, 3.05) is 33.7 Å². The summed E-state index contributed by atoms with van der Waals surface area (Å²) in [7, 11) is 4.22. The molecule has 1 amide bonds. The predicted molar refractivity (Wildman–Crippen MR) is 185 cm³/mol. The highest BCUT2D eigenvalue weighted by Crippen LogP contribution is 2.38. The number of amides is 1. The topological polar surface area (TPSA) is 87.1 Å². The molecule has 0 saturated carbocycles. The summed E-state index contributed by atoms with van der Waals surface area (Å²) in [5.41, 5.74) is 3.15. The number of aryl methyl sites for hydroxylation is 1. The van der Waals surface area contributed by atoms with Crippen molar-refractivity contribution in [3.05, 3.63) is 83.2 Å². The Morgan fingerprint density at radius 3 is 2.71 bits per heavy atom. The number of carbonyl (C=O) groups is 1. The highest BCUT2D eigenvalue weighted by Gasteiger charge is 2.38. The lowest BCUT2D eigenvalue weighted by Gasteiger charge is -2.37. The Balaban J connectivity index is 1.26. The molecule has 1 aliphatic carbocycles. The number of alkyl halides is 1. The Hall–Kier alpha value is -3.89. The van der Waals surface area contributed by atoms with E-state index in [1.54, 1.807) is 24.7 Å². The summed E-state index contributed by atoms with van der Waals surface area (Å²) in [6, 6.07) is 10.7. The Kier molecular flexibility index (Phi) is 10.4. The van der Waals surface area contributed by atoms with Crippen molar-refractivity contribution < 1.29 is 13.6 Å². The summed E-state index contributed by atoms with van der Waals surface area (Å²) in [4.78, 5) is 28.0. The number of pyridine rings is 2. The summed E-state index contributed by atoms with van der Waals surface area (Å²) in [5, 5.41) is 11.5. The number of hydrogen-bond donors (Lipinski definition) is 1. The molecule has 0 bridgehead atoms. The SMILES string of the molecule is CC(C)C1(F)CCc2nc3c(F)cc(C(=O)NC(CCN4CCCCC4CCN(C)C)c4ccc(-c5ccnnc5)nc4)cc3cc2C1. The Labute approximate surface area is 282 Å². The van der Waals surface area contributed by atoms with Crippen LogP contribution in [-0.4, -0.2) is 81.3 Å². The van der Waals surface area contributed by atoms with Crippen LogP contribution in [0.1, 0.15) is 85.6 Å². The maximum atomic E-state index is 15.6. The number of carbonyl (C=O) groups excluding carboxylic acids is 1. The standard InChI is InChI=1S/C38H47F2N7O/c1-25(2)38(40)14-10-34-30(22-38)20-28-19-29(21-32(39)36(28)44-34)37(48)45-35(13-18-47-16-6-5-7-31(47)12-17-46(3)4)26-8-9-33(41-23-26)27-11-15-42-43-24-27/h8-9,11,15,19-21,23-25,31,35H,5-7,10,12-14,16-18,22H2,1-4H3,(H,45,48). The fourth-order valence-corrected chi connectivity index (χ4v) is 7.22. The summed E-state index contributed by atoms with van der Waals surface area (Å²) in [5.74, 6) is -1.05. The minimum Gasteiger partial charge on any atom is -0.345 e. The lowest BCUT2D eigenvalue weighted by molar-refractivity contribution is 0.0821. The molecule has 3 atom stereocenters. The van der Waals surface area contributed by atoms with E-state index < -0.39 is 11.5 Å². The third-order valence-corrected chi connectivity index (χ3v) is 10.3. The van der Waals surface area contributed by atoms with Crippen molar-refractivity contribution in [1.29, 1.82) is 0 Å². The van der Waals surface area contributed by atoms with E-state index in [9.17, 15) is 4.79 Å². The van der Waals surface area contributed by atoms with Crippen molar-refractivity contribution in [3.8, 4) is 11.3 Å². The van der Waals surface area contributed by atoms with Gasteiger partial charge in [0, 0.05) is 47.4 Å². The van der Waals surface area contributed by atoms with E-state index in [2.05, 4.69) is 44.4 Å². The number of nitrogens with one attached hydrogen (secondary N) is 1. The largest absolute Gasteiger partial charge is 0.345 e. The third kappa shape index (κ3) is 7.70. The van der Waals surface area contributed by atoms with E-state index in [1.807, 2.05) is 38.1 Å². The number of fused-ring (bicyclic) bond motifs is 2. The van der Waals surface area contributed by atoms with Gasteiger partial charge in [-0.1, -0.05) is 26.3 Å². The number of likely N-dealkylation sites (tertiary alicyclic amines) is 1. The normalized spacial score (nSPS) is 20.6. The molecule has 3 unspecified atom stereocenters. The number of piperidine rings is 1. The van der Waals surface area contributed by atoms with Gasteiger partial charge in [0.25, 0.3) is 5.91 Å². The van der Waals surface area contributed by atoms with Crippen LogP contribution in [0.15, 0.2) is 55.0 Å². The molecule has 4 heterocycles. The fourth-order valence-electron chi connectivity index (χ4n) is 7.22. The predicted octanol–water partition coefficient (Wildman–Crippen LogP) is 6.75. The fraction of sp³-hybridized carbons (Fsp3) is 0.500. The van der Waals surface area contributed by atoms with Crippen molar-refractivity contribution in [3.63, 3.8) is 0 Å². The van der Waals surface area contributed by atoms with Crippen LogP contribution in [0.5, 0.6) is 0 Å². The van der Waals surface area contributed by atoms with E-state index in [0.29, 0.717) is 30.7 Å². The van der Waals surface area contributed by atoms with Crippen LogP contribution >= 0.6 is 0 Å². The minimum atomic E-state index is -1.32. The van der Waals surface area contributed by atoms with Crippen LogP contribution in [-0.2, 0) is 12.8 Å². The van der Waals surface area contributed by atoms with Gasteiger partial charge in [-0.15, -0.1) is 0 Å². The molecule has 1 aliphatic heterocycles. The zero-order valence-electron chi connectivity index (χ0n) is 28.6. The number of rotatable bonds is 11. The summed E-state index contributed by atoms with van der Waals surface area (Å²) in [6.07, 6.45) is 11.6. The molecule has 8 nitrogen and oxygen atoms in total. The number of halogens is 2. The smallest absolute Gasteiger partial charge is 0.251 e. The number of hydrogen-bond acceptors (Lipinski definition) is 7. The summed E-state index contributed by atoms with van der Waals surface area (Å²) < 4.78 is 31.2. The van der Waals surface area contributed by atoms with Gasteiger partial charge in [-0.2, -0.15) is 10.2 Å². The minimum absolute atomic E-state index is 0.134. The molecular weight excluding hydrogens is 608 g/mol. The monoisotopic (exact) mass is 655 g/mol. The highest BCUT2D eigenvalue weighted by molar-refractivity contribution is 5.98. The molecule has 0 radical (unpaired) electrons. The molecule has 1 N–H and O–H groups in total. The van der Waals surface area contributed by atoms with E-state index in [-0.39, 0.29) is 35.4 Å². The van der Waals surface area contributed by atoms with Gasteiger partial charge in [-0.3, -0.25) is 9.78 Å². The Bertz CT molecular complexity index is 1720. The Morgan fingerprint density at radius 2 is 1.98 bits per heavy atom. The molecule has 3 aromatic heterocycles. The van der Waals surface area contributed by atoms with Crippen molar-refractivity contribution in [1.82, 2.24) is 35.3 Å². The first kappa shape index (κ1) is 34.0. The Morgan fingerprint density at radius 1 is 1.12 bits per heavy atom. The van der Waals surface area contributed by atoms with Gasteiger partial charge in [-0.05, 0) is 113 Å². The van der Waals surface area contributed by atoms with Crippen molar-refractivity contribution in [2.45, 2.75) is 83.0 Å². The second-order valence-electron chi connectivity index (χ2n) is 14.2. The molecule has 254 valence electrons. The molecule has 1 aromatic carbocycles. The molecule has 4 aromatic rings. The first-order valence-corrected chi connectivity index (χ1v) is 17.3. The lowest BCUT2D eigenvalue weighted by Crippen LogP contribution is -2.42. The van der Waals surface area contributed by atoms with Crippen LogP contribution in [0.2, 0.25) is 0 Å². The van der Waals surface area contributed by atoms with E-state index >= 15 is 8.78 Å². The zero-order chi connectivity index (χ0) is 33.8. The summed E-state index contributed by atoms with van der Waals surface area (Å²) in [6.45, 7) is 6.68. The lowest BCUT2D eigenvalue weighted by atomic mass is 9.77. The number of aromatic nitrogens is 4. The van der Waals surface area contributed by atoms with Crippen LogP contribution in [0, 0.1) is 11.7 Å². The van der Waals surface area contributed by atoms with E-state index in [4.69, 9.17) is 4.98 Å². The van der Waals surface area contributed by atoms with Gasteiger partial charge in [0.1, 0.15) is 17.0 Å². The van der Waals surface area contributed by atoms with Gasteiger partial charge in [-0.25, -0.2) is 13.8 Å². The van der Waals surface area contributed by atoms with Gasteiger partial charge in [0.2, 0.25) is 0 Å².